The second kappa shape index (κ2) is 5.65. The van der Waals surface area contributed by atoms with Crippen LogP contribution in [-0.2, 0) is 16.3 Å². The molecule has 1 rings (SSSR count). The van der Waals surface area contributed by atoms with Gasteiger partial charge < -0.3 is 5.73 Å². The van der Waals surface area contributed by atoms with Gasteiger partial charge in [-0.3, -0.25) is 0 Å². The van der Waals surface area contributed by atoms with Gasteiger partial charge in [0.15, 0.2) is 9.84 Å². The van der Waals surface area contributed by atoms with E-state index in [1.54, 1.807) is 19.1 Å². The molecule has 2 N–H and O–H groups in total. The molecular formula is C13H21NO2S. The Morgan fingerprint density at radius 1 is 1.24 bits per heavy atom. The molecule has 0 bridgehead atoms. The van der Waals surface area contributed by atoms with E-state index in [1.807, 2.05) is 26.0 Å². The standard InChI is InChI=1S/C13H21NO2S/c1-4-17(15,16)13-8-6-5-7-11(13)9-12(14)10(2)3/h5-8,10,12H,4,9,14H2,1-3H3. The summed E-state index contributed by atoms with van der Waals surface area (Å²) in [6, 6.07) is 7.12. The number of rotatable bonds is 5. The van der Waals surface area contributed by atoms with E-state index in [2.05, 4.69) is 0 Å². The maximum Gasteiger partial charge on any atom is 0.178 e. The van der Waals surface area contributed by atoms with Gasteiger partial charge in [0.25, 0.3) is 0 Å². The lowest BCUT2D eigenvalue weighted by molar-refractivity contribution is 0.487. The Morgan fingerprint density at radius 2 is 1.82 bits per heavy atom. The predicted molar refractivity (Wildman–Crippen MR) is 70.7 cm³/mol. The summed E-state index contributed by atoms with van der Waals surface area (Å²) in [5.41, 5.74) is 6.84. The molecule has 4 heteroatoms. The monoisotopic (exact) mass is 255 g/mol. The van der Waals surface area contributed by atoms with Crippen molar-refractivity contribution in [2.24, 2.45) is 11.7 Å². The highest BCUT2D eigenvalue weighted by atomic mass is 32.2. The third-order valence-corrected chi connectivity index (χ3v) is 4.83. The number of sulfone groups is 1. The molecule has 0 aliphatic heterocycles. The van der Waals surface area contributed by atoms with Crippen molar-refractivity contribution in [1.82, 2.24) is 0 Å². The second-order valence-electron chi connectivity index (χ2n) is 4.62. The Hall–Kier alpha value is -0.870. The molecule has 0 saturated carbocycles. The fourth-order valence-corrected chi connectivity index (χ4v) is 2.77. The fourth-order valence-electron chi connectivity index (χ4n) is 1.62. The second-order valence-corrected chi connectivity index (χ2v) is 6.87. The first-order valence-corrected chi connectivity index (χ1v) is 7.60. The number of benzene rings is 1. The van der Waals surface area contributed by atoms with E-state index >= 15 is 0 Å². The Balaban J connectivity index is 3.09. The minimum atomic E-state index is -3.16. The third-order valence-electron chi connectivity index (χ3n) is 3.00. The fraction of sp³-hybridized carbons (Fsp3) is 0.538. The van der Waals surface area contributed by atoms with Gasteiger partial charge in [-0.05, 0) is 24.0 Å². The van der Waals surface area contributed by atoms with E-state index in [9.17, 15) is 8.42 Å². The topological polar surface area (TPSA) is 60.2 Å². The first-order chi connectivity index (χ1) is 7.88. The van der Waals surface area contributed by atoms with Gasteiger partial charge in [0.05, 0.1) is 10.6 Å². The van der Waals surface area contributed by atoms with Gasteiger partial charge in [-0.25, -0.2) is 8.42 Å². The summed E-state index contributed by atoms with van der Waals surface area (Å²) < 4.78 is 23.9. The summed E-state index contributed by atoms with van der Waals surface area (Å²) in [6.45, 7) is 5.75. The van der Waals surface area contributed by atoms with Crippen molar-refractivity contribution >= 4 is 9.84 Å². The highest BCUT2D eigenvalue weighted by Gasteiger charge is 2.18. The van der Waals surface area contributed by atoms with Gasteiger partial charge in [-0.15, -0.1) is 0 Å². The van der Waals surface area contributed by atoms with Crippen LogP contribution in [0.2, 0.25) is 0 Å². The normalized spacial score (nSPS) is 13.9. The molecule has 0 heterocycles. The Kier molecular flexibility index (Phi) is 4.71. The zero-order valence-electron chi connectivity index (χ0n) is 10.7. The first kappa shape index (κ1) is 14.2. The largest absolute Gasteiger partial charge is 0.327 e. The van der Waals surface area contributed by atoms with Gasteiger partial charge in [-0.2, -0.15) is 0 Å². The Bertz CT molecular complexity index is 466. The summed E-state index contributed by atoms with van der Waals surface area (Å²) in [5.74, 6) is 0.466. The van der Waals surface area contributed by atoms with Gasteiger partial charge in [0.1, 0.15) is 0 Å². The molecule has 3 nitrogen and oxygen atoms in total. The van der Waals surface area contributed by atoms with Crippen molar-refractivity contribution in [2.75, 3.05) is 5.75 Å². The molecule has 0 saturated heterocycles. The third kappa shape index (κ3) is 3.54. The molecule has 96 valence electrons. The van der Waals surface area contributed by atoms with Crippen LogP contribution in [0.5, 0.6) is 0 Å². The summed E-state index contributed by atoms with van der Waals surface area (Å²) >= 11 is 0. The van der Waals surface area contributed by atoms with E-state index in [-0.39, 0.29) is 11.8 Å². The molecule has 17 heavy (non-hydrogen) atoms. The molecule has 0 spiro atoms. The average molecular weight is 255 g/mol. The quantitative estimate of drug-likeness (QED) is 0.875. The minimum Gasteiger partial charge on any atom is -0.327 e. The number of hydrogen-bond donors (Lipinski definition) is 1. The van der Waals surface area contributed by atoms with Gasteiger partial charge >= 0.3 is 0 Å². The van der Waals surface area contributed by atoms with Crippen LogP contribution < -0.4 is 5.73 Å². The molecule has 0 radical (unpaired) electrons. The van der Waals surface area contributed by atoms with Crippen molar-refractivity contribution in [3.05, 3.63) is 29.8 Å². The molecule has 0 aromatic heterocycles. The lowest BCUT2D eigenvalue weighted by Crippen LogP contribution is -2.29. The van der Waals surface area contributed by atoms with Crippen LogP contribution >= 0.6 is 0 Å². The minimum absolute atomic E-state index is 0.0109. The van der Waals surface area contributed by atoms with E-state index in [0.717, 1.165) is 5.56 Å². The van der Waals surface area contributed by atoms with E-state index in [0.29, 0.717) is 17.2 Å². The Morgan fingerprint density at radius 3 is 2.35 bits per heavy atom. The highest BCUT2D eigenvalue weighted by Crippen LogP contribution is 2.19. The van der Waals surface area contributed by atoms with Crippen LogP contribution in [0.1, 0.15) is 26.3 Å². The maximum absolute atomic E-state index is 11.9. The summed E-state index contributed by atoms with van der Waals surface area (Å²) in [7, 11) is -3.16. The van der Waals surface area contributed by atoms with Crippen molar-refractivity contribution in [3.8, 4) is 0 Å². The van der Waals surface area contributed by atoms with E-state index in [1.165, 1.54) is 0 Å². The maximum atomic E-state index is 11.9. The summed E-state index contributed by atoms with van der Waals surface area (Å²) in [5, 5.41) is 0. The predicted octanol–water partition coefficient (Wildman–Crippen LogP) is 2.01. The Labute approximate surface area is 104 Å². The first-order valence-electron chi connectivity index (χ1n) is 5.94. The van der Waals surface area contributed by atoms with Crippen molar-refractivity contribution in [2.45, 2.75) is 38.1 Å². The van der Waals surface area contributed by atoms with Crippen LogP contribution in [0.3, 0.4) is 0 Å². The van der Waals surface area contributed by atoms with Crippen LogP contribution in [0.25, 0.3) is 0 Å². The molecule has 1 unspecified atom stereocenters. The molecule has 0 amide bonds. The molecule has 1 aromatic rings. The summed E-state index contributed by atoms with van der Waals surface area (Å²) in [4.78, 5) is 0.429. The van der Waals surface area contributed by atoms with Crippen molar-refractivity contribution in [1.29, 1.82) is 0 Å². The smallest absolute Gasteiger partial charge is 0.178 e. The molecule has 1 aromatic carbocycles. The molecule has 0 aliphatic carbocycles. The van der Waals surface area contributed by atoms with Crippen LogP contribution in [-0.4, -0.2) is 20.2 Å². The number of hydrogen-bond acceptors (Lipinski definition) is 3. The SMILES string of the molecule is CCS(=O)(=O)c1ccccc1CC(N)C(C)C. The molecule has 0 aliphatic rings. The van der Waals surface area contributed by atoms with E-state index in [4.69, 9.17) is 5.73 Å². The van der Waals surface area contributed by atoms with Gasteiger partial charge in [0.2, 0.25) is 0 Å². The van der Waals surface area contributed by atoms with E-state index < -0.39 is 9.84 Å². The van der Waals surface area contributed by atoms with Crippen molar-refractivity contribution in [3.63, 3.8) is 0 Å². The van der Waals surface area contributed by atoms with Crippen LogP contribution in [0.4, 0.5) is 0 Å². The zero-order valence-corrected chi connectivity index (χ0v) is 11.5. The number of nitrogens with two attached hydrogens (primary N) is 1. The van der Waals surface area contributed by atoms with Gasteiger partial charge in [-0.1, -0.05) is 39.0 Å². The lowest BCUT2D eigenvalue weighted by atomic mass is 9.97. The molecule has 1 atom stereocenters. The molecule has 0 fully saturated rings. The van der Waals surface area contributed by atoms with Gasteiger partial charge in [0, 0.05) is 6.04 Å². The summed E-state index contributed by atoms with van der Waals surface area (Å²) in [6.07, 6.45) is 0.604. The lowest BCUT2D eigenvalue weighted by Gasteiger charge is -2.17. The highest BCUT2D eigenvalue weighted by molar-refractivity contribution is 7.91. The van der Waals surface area contributed by atoms with Crippen molar-refractivity contribution < 1.29 is 8.42 Å². The average Bonchev–Trinajstić information content (AvgIpc) is 2.29. The van der Waals surface area contributed by atoms with Crippen LogP contribution in [0, 0.1) is 5.92 Å². The zero-order chi connectivity index (χ0) is 13.1. The van der Waals surface area contributed by atoms with Crippen LogP contribution in [0.15, 0.2) is 29.2 Å². The molecular weight excluding hydrogens is 234 g/mol.